The molecule has 1 amide bonds. The first-order chi connectivity index (χ1) is 8.06. The summed E-state index contributed by atoms with van der Waals surface area (Å²) in [5, 5.41) is 3.21. The fourth-order valence-electron chi connectivity index (χ4n) is 1.31. The molecule has 1 unspecified atom stereocenters. The van der Waals surface area contributed by atoms with E-state index in [1.165, 1.54) is 6.07 Å². The second-order valence-electron chi connectivity index (χ2n) is 3.69. The molecule has 0 spiro atoms. The number of hydrogen-bond donors (Lipinski definition) is 1. The van der Waals surface area contributed by atoms with Crippen LogP contribution in [0.2, 0.25) is 0 Å². The Morgan fingerprint density at radius 2 is 2.29 bits per heavy atom. The summed E-state index contributed by atoms with van der Waals surface area (Å²) in [5.41, 5.74) is 0.0734. The van der Waals surface area contributed by atoms with E-state index in [0.717, 1.165) is 6.42 Å². The Labute approximate surface area is 113 Å². The molecule has 5 heteroatoms. The Hall–Kier alpha value is -0.550. The number of carbonyl (C=O) groups excluding carboxylic acids is 1. The second-order valence-corrected chi connectivity index (χ2v) is 5.82. The van der Waals surface area contributed by atoms with Gasteiger partial charge in [0.05, 0.1) is 5.56 Å². The molecule has 0 heterocycles. The molecule has 0 saturated heterocycles. The summed E-state index contributed by atoms with van der Waals surface area (Å²) >= 11 is 4.92. The molecule has 17 heavy (non-hydrogen) atoms. The van der Waals surface area contributed by atoms with Crippen molar-refractivity contribution >= 4 is 33.6 Å². The molecular formula is C12H15BrFNOS. The van der Waals surface area contributed by atoms with Crippen LogP contribution in [-0.2, 0) is 0 Å². The molecule has 1 N–H and O–H groups in total. The number of rotatable bonds is 5. The lowest BCUT2D eigenvalue weighted by atomic mass is 10.2. The SMILES string of the molecule is CSC(C)CCNC(=O)c1c(F)cccc1Br. The number of carbonyl (C=O) groups is 1. The van der Waals surface area contributed by atoms with Gasteiger partial charge in [-0.1, -0.05) is 13.0 Å². The van der Waals surface area contributed by atoms with Crippen molar-refractivity contribution in [2.75, 3.05) is 12.8 Å². The van der Waals surface area contributed by atoms with Crippen LogP contribution in [0.5, 0.6) is 0 Å². The molecule has 0 aliphatic heterocycles. The van der Waals surface area contributed by atoms with Crippen LogP contribution in [0.4, 0.5) is 4.39 Å². The highest BCUT2D eigenvalue weighted by atomic mass is 79.9. The van der Waals surface area contributed by atoms with Crippen LogP contribution >= 0.6 is 27.7 Å². The Bertz CT molecular complexity index is 380. The number of hydrogen-bond acceptors (Lipinski definition) is 2. The molecule has 1 aromatic rings. The van der Waals surface area contributed by atoms with Crippen LogP contribution in [0.25, 0.3) is 0 Å². The third-order valence-corrected chi connectivity index (χ3v) is 4.13. The highest BCUT2D eigenvalue weighted by molar-refractivity contribution is 9.10. The number of benzene rings is 1. The van der Waals surface area contributed by atoms with Gasteiger partial charge in [0, 0.05) is 16.3 Å². The van der Waals surface area contributed by atoms with Crippen LogP contribution in [0.15, 0.2) is 22.7 Å². The summed E-state index contributed by atoms with van der Waals surface area (Å²) in [6.07, 6.45) is 2.90. The van der Waals surface area contributed by atoms with Crippen molar-refractivity contribution in [1.82, 2.24) is 5.32 Å². The van der Waals surface area contributed by atoms with E-state index in [4.69, 9.17) is 0 Å². The maximum absolute atomic E-state index is 13.5. The van der Waals surface area contributed by atoms with Crippen molar-refractivity contribution in [3.05, 3.63) is 34.1 Å². The monoisotopic (exact) mass is 319 g/mol. The Morgan fingerprint density at radius 1 is 1.59 bits per heavy atom. The van der Waals surface area contributed by atoms with Crippen LogP contribution in [-0.4, -0.2) is 24.0 Å². The van der Waals surface area contributed by atoms with Crippen molar-refractivity contribution < 1.29 is 9.18 Å². The quantitative estimate of drug-likeness (QED) is 0.900. The molecule has 2 nitrogen and oxygen atoms in total. The van der Waals surface area contributed by atoms with E-state index in [9.17, 15) is 9.18 Å². The van der Waals surface area contributed by atoms with Crippen molar-refractivity contribution in [2.24, 2.45) is 0 Å². The lowest BCUT2D eigenvalue weighted by molar-refractivity contribution is 0.0948. The van der Waals surface area contributed by atoms with Gasteiger partial charge in [0.2, 0.25) is 0 Å². The van der Waals surface area contributed by atoms with Crippen LogP contribution in [0, 0.1) is 5.82 Å². The minimum atomic E-state index is -0.505. The summed E-state index contributed by atoms with van der Waals surface area (Å²) in [6, 6.07) is 4.50. The van der Waals surface area contributed by atoms with Crippen molar-refractivity contribution in [1.29, 1.82) is 0 Å². The van der Waals surface area contributed by atoms with Gasteiger partial charge < -0.3 is 5.32 Å². The van der Waals surface area contributed by atoms with E-state index in [1.807, 2.05) is 6.26 Å². The average molecular weight is 320 g/mol. The molecule has 1 aromatic carbocycles. The lowest BCUT2D eigenvalue weighted by Crippen LogP contribution is -2.27. The van der Waals surface area contributed by atoms with Crippen LogP contribution < -0.4 is 5.32 Å². The standard InChI is InChI=1S/C12H15BrFNOS/c1-8(17-2)6-7-15-12(16)11-9(13)4-3-5-10(11)14/h3-5,8H,6-7H2,1-2H3,(H,15,16). The lowest BCUT2D eigenvalue weighted by Gasteiger charge is -2.10. The minimum absolute atomic E-state index is 0.0734. The Kier molecular flexibility index (Phi) is 5.98. The maximum Gasteiger partial charge on any atom is 0.255 e. The van der Waals surface area contributed by atoms with Gasteiger partial charge in [0.1, 0.15) is 5.82 Å². The first-order valence-corrected chi connectivity index (χ1v) is 7.39. The number of nitrogens with one attached hydrogen (secondary N) is 1. The second kappa shape index (κ2) is 7.01. The van der Waals surface area contributed by atoms with Crippen molar-refractivity contribution in [3.63, 3.8) is 0 Å². The van der Waals surface area contributed by atoms with E-state index < -0.39 is 5.82 Å². The molecule has 0 radical (unpaired) electrons. The topological polar surface area (TPSA) is 29.1 Å². The van der Waals surface area contributed by atoms with Gasteiger partial charge in [-0.05, 0) is 40.7 Å². The zero-order chi connectivity index (χ0) is 12.8. The van der Waals surface area contributed by atoms with Gasteiger partial charge in [0.15, 0.2) is 0 Å². The van der Waals surface area contributed by atoms with Crippen LogP contribution in [0.1, 0.15) is 23.7 Å². The molecular weight excluding hydrogens is 305 g/mol. The van der Waals surface area contributed by atoms with Crippen molar-refractivity contribution in [2.45, 2.75) is 18.6 Å². The molecule has 0 aliphatic carbocycles. The predicted octanol–water partition coefficient (Wildman–Crippen LogP) is 3.46. The Morgan fingerprint density at radius 3 is 2.88 bits per heavy atom. The first-order valence-electron chi connectivity index (χ1n) is 5.31. The van der Waals surface area contributed by atoms with Crippen LogP contribution in [0.3, 0.4) is 0 Å². The molecule has 1 rings (SSSR count). The minimum Gasteiger partial charge on any atom is -0.352 e. The fourth-order valence-corrected chi connectivity index (χ4v) is 2.19. The van der Waals surface area contributed by atoms with E-state index >= 15 is 0 Å². The highest BCUT2D eigenvalue weighted by Crippen LogP contribution is 2.19. The molecule has 0 saturated carbocycles. The van der Waals surface area contributed by atoms with E-state index in [-0.39, 0.29) is 11.5 Å². The molecule has 94 valence electrons. The van der Waals surface area contributed by atoms with E-state index in [0.29, 0.717) is 16.3 Å². The largest absolute Gasteiger partial charge is 0.352 e. The molecule has 0 bridgehead atoms. The summed E-state index contributed by atoms with van der Waals surface area (Å²) < 4.78 is 13.9. The van der Waals surface area contributed by atoms with Gasteiger partial charge >= 0.3 is 0 Å². The predicted molar refractivity (Wildman–Crippen MR) is 74.0 cm³/mol. The maximum atomic E-state index is 13.5. The summed E-state index contributed by atoms with van der Waals surface area (Å²) in [6.45, 7) is 2.65. The molecule has 0 fully saturated rings. The van der Waals surface area contributed by atoms with E-state index in [2.05, 4.69) is 28.2 Å². The summed E-state index contributed by atoms with van der Waals surface area (Å²) in [4.78, 5) is 11.8. The van der Waals surface area contributed by atoms with Crippen molar-refractivity contribution in [3.8, 4) is 0 Å². The third kappa shape index (κ3) is 4.32. The molecule has 1 atom stereocenters. The first kappa shape index (κ1) is 14.5. The smallest absolute Gasteiger partial charge is 0.255 e. The average Bonchev–Trinajstić information content (AvgIpc) is 2.28. The zero-order valence-electron chi connectivity index (χ0n) is 9.80. The number of halogens is 2. The normalized spacial score (nSPS) is 12.2. The molecule has 0 aromatic heterocycles. The summed E-state index contributed by atoms with van der Waals surface area (Å²) in [7, 11) is 0. The van der Waals surface area contributed by atoms with Gasteiger partial charge in [-0.15, -0.1) is 0 Å². The van der Waals surface area contributed by atoms with Gasteiger partial charge in [-0.3, -0.25) is 4.79 Å². The van der Waals surface area contributed by atoms with Gasteiger partial charge in [-0.25, -0.2) is 4.39 Å². The van der Waals surface area contributed by atoms with Gasteiger partial charge in [0.25, 0.3) is 5.91 Å². The highest BCUT2D eigenvalue weighted by Gasteiger charge is 2.14. The molecule has 0 aliphatic rings. The van der Waals surface area contributed by atoms with E-state index in [1.54, 1.807) is 23.9 Å². The zero-order valence-corrected chi connectivity index (χ0v) is 12.2. The third-order valence-electron chi connectivity index (χ3n) is 2.43. The fraction of sp³-hybridized carbons (Fsp3) is 0.417. The summed E-state index contributed by atoms with van der Waals surface area (Å²) in [5.74, 6) is -0.877. The Balaban J connectivity index is 2.59. The van der Waals surface area contributed by atoms with Gasteiger partial charge in [-0.2, -0.15) is 11.8 Å². The number of amides is 1. The number of thioether (sulfide) groups is 1.